The maximum Gasteiger partial charge on any atom is 0.308 e. The van der Waals surface area contributed by atoms with Crippen molar-refractivity contribution in [1.29, 1.82) is 0 Å². The summed E-state index contributed by atoms with van der Waals surface area (Å²) in [6, 6.07) is 6.54. The van der Waals surface area contributed by atoms with Gasteiger partial charge in [0.2, 0.25) is 10.0 Å². The molecule has 1 rings (SSSR count). The summed E-state index contributed by atoms with van der Waals surface area (Å²) in [5.74, 6) is -1.50. The summed E-state index contributed by atoms with van der Waals surface area (Å²) in [4.78, 5) is 12.7. The van der Waals surface area contributed by atoms with Gasteiger partial charge in [-0.25, -0.2) is 13.1 Å². The highest BCUT2D eigenvalue weighted by molar-refractivity contribution is 7.89. The van der Waals surface area contributed by atoms with Gasteiger partial charge in [-0.3, -0.25) is 4.79 Å². The number of hydrogen-bond acceptors (Lipinski definition) is 4. The number of hydrogen-bond donors (Lipinski definition) is 2. The molecule has 112 valence electrons. The van der Waals surface area contributed by atoms with Gasteiger partial charge in [0.25, 0.3) is 0 Å². The summed E-state index contributed by atoms with van der Waals surface area (Å²) in [5, 5.41) is 8.93. The Labute approximate surface area is 119 Å². The van der Waals surface area contributed by atoms with Gasteiger partial charge in [-0.2, -0.15) is 0 Å². The molecule has 0 fully saturated rings. The Morgan fingerprint density at radius 3 is 2.55 bits per heavy atom. The van der Waals surface area contributed by atoms with E-state index in [9.17, 15) is 13.2 Å². The first-order valence-electron chi connectivity index (χ1n) is 6.32. The molecule has 0 amide bonds. The molecular formula is C13H20N2O4S. The van der Waals surface area contributed by atoms with Crippen LogP contribution in [0.4, 0.5) is 5.69 Å². The van der Waals surface area contributed by atoms with Gasteiger partial charge in [-0.1, -0.05) is 26.0 Å². The number of benzene rings is 1. The second kappa shape index (κ2) is 6.71. The number of aliphatic carboxylic acids is 1. The molecule has 7 heteroatoms. The SMILES string of the molecule is CCNS(=O)(=O)c1ccccc1N(C)CC(C)C(=O)O. The second-order valence-electron chi connectivity index (χ2n) is 4.59. The highest BCUT2D eigenvalue weighted by Crippen LogP contribution is 2.24. The standard InChI is InChI=1S/C13H20N2O4S/c1-4-14-20(18,19)12-8-6-5-7-11(12)15(3)9-10(2)13(16)17/h5-8,10,14H,4,9H2,1-3H3,(H,16,17). The lowest BCUT2D eigenvalue weighted by molar-refractivity contribution is -0.140. The number of para-hydroxylation sites is 1. The number of anilines is 1. The van der Waals surface area contributed by atoms with Gasteiger partial charge in [-0.15, -0.1) is 0 Å². The Balaban J connectivity index is 3.10. The maximum atomic E-state index is 12.1. The van der Waals surface area contributed by atoms with E-state index in [4.69, 9.17) is 5.11 Å². The van der Waals surface area contributed by atoms with Crippen molar-refractivity contribution in [1.82, 2.24) is 4.72 Å². The van der Waals surface area contributed by atoms with Gasteiger partial charge in [0, 0.05) is 20.1 Å². The molecule has 0 radical (unpaired) electrons. The highest BCUT2D eigenvalue weighted by Gasteiger charge is 2.21. The van der Waals surface area contributed by atoms with Crippen LogP contribution in [0.25, 0.3) is 0 Å². The third kappa shape index (κ3) is 3.94. The van der Waals surface area contributed by atoms with Crippen molar-refractivity contribution < 1.29 is 18.3 Å². The Hall–Kier alpha value is -1.60. The van der Waals surface area contributed by atoms with Crippen molar-refractivity contribution in [2.45, 2.75) is 18.7 Å². The molecule has 1 aromatic rings. The number of nitrogens with one attached hydrogen (secondary N) is 1. The van der Waals surface area contributed by atoms with Gasteiger partial charge in [0.15, 0.2) is 0 Å². The summed E-state index contributed by atoms with van der Waals surface area (Å²) >= 11 is 0. The molecule has 0 heterocycles. The molecular weight excluding hydrogens is 280 g/mol. The molecule has 0 aromatic heterocycles. The lowest BCUT2D eigenvalue weighted by Crippen LogP contribution is -2.31. The topological polar surface area (TPSA) is 86.7 Å². The van der Waals surface area contributed by atoms with Crippen LogP contribution in [0, 0.1) is 5.92 Å². The molecule has 0 spiro atoms. The van der Waals surface area contributed by atoms with E-state index >= 15 is 0 Å². The summed E-state index contributed by atoms with van der Waals surface area (Å²) in [5.41, 5.74) is 0.488. The average molecular weight is 300 g/mol. The zero-order chi connectivity index (χ0) is 15.3. The van der Waals surface area contributed by atoms with Crippen molar-refractivity contribution in [2.24, 2.45) is 5.92 Å². The monoisotopic (exact) mass is 300 g/mol. The lowest BCUT2D eigenvalue weighted by Gasteiger charge is -2.24. The molecule has 20 heavy (non-hydrogen) atoms. The minimum atomic E-state index is -3.58. The third-order valence-corrected chi connectivity index (χ3v) is 4.46. The molecule has 0 aliphatic heterocycles. The van der Waals surface area contributed by atoms with Crippen LogP contribution in [0.5, 0.6) is 0 Å². The molecule has 1 unspecified atom stereocenters. The van der Waals surface area contributed by atoms with Crippen molar-refractivity contribution >= 4 is 21.7 Å². The van der Waals surface area contributed by atoms with E-state index in [0.29, 0.717) is 12.2 Å². The number of rotatable bonds is 7. The van der Waals surface area contributed by atoms with Crippen LogP contribution in [-0.2, 0) is 14.8 Å². The van der Waals surface area contributed by atoms with Crippen molar-refractivity contribution in [2.75, 3.05) is 25.0 Å². The molecule has 2 N–H and O–H groups in total. The molecule has 0 aliphatic rings. The van der Waals surface area contributed by atoms with Crippen LogP contribution in [0.2, 0.25) is 0 Å². The average Bonchev–Trinajstić information content (AvgIpc) is 2.38. The van der Waals surface area contributed by atoms with E-state index in [-0.39, 0.29) is 11.4 Å². The van der Waals surface area contributed by atoms with Crippen molar-refractivity contribution in [3.63, 3.8) is 0 Å². The predicted octanol–water partition coefficient (Wildman–Crippen LogP) is 1.14. The molecule has 0 aliphatic carbocycles. The second-order valence-corrected chi connectivity index (χ2v) is 6.32. The van der Waals surface area contributed by atoms with E-state index in [1.165, 1.54) is 6.07 Å². The lowest BCUT2D eigenvalue weighted by atomic mass is 10.1. The van der Waals surface area contributed by atoms with E-state index in [0.717, 1.165) is 0 Å². The Kier molecular flexibility index (Phi) is 5.52. The third-order valence-electron chi connectivity index (χ3n) is 2.87. The van der Waals surface area contributed by atoms with Gasteiger partial charge < -0.3 is 10.0 Å². The minimum absolute atomic E-state index is 0.155. The van der Waals surface area contributed by atoms with E-state index in [2.05, 4.69) is 4.72 Å². The van der Waals surface area contributed by atoms with Crippen LogP contribution in [0.3, 0.4) is 0 Å². The fourth-order valence-corrected chi connectivity index (χ4v) is 3.15. The zero-order valence-corrected chi connectivity index (χ0v) is 12.6. The summed E-state index contributed by atoms with van der Waals surface area (Å²) in [6.07, 6.45) is 0. The summed E-state index contributed by atoms with van der Waals surface area (Å²) in [7, 11) is -1.90. The number of nitrogens with zero attached hydrogens (tertiary/aromatic N) is 1. The molecule has 6 nitrogen and oxygen atoms in total. The number of carboxylic acid groups (broad SMARTS) is 1. The van der Waals surface area contributed by atoms with Crippen molar-refractivity contribution in [3.8, 4) is 0 Å². The normalized spacial score (nSPS) is 12.9. The molecule has 0 saturated carbocycles. The van der Waals surface area contributed by atoms with E-state index in [1.807, 2.05) is 0 Å². The first-order chi connectivity index (χ1) is 9.29. The maximum absolute atomic E-state index is 12.1. The number of carbonyl (C=O) groups is 1. The predicted molar refractivity (Wildman–Crippen MR) is 77.4 cm³/mol. The van der Waals surface area contributed by atoms with Crippen LogP contribution in [0.15, 0.2) is 29.2 Å². The zero-order valence-electron chi connectivity index (χ0n) is 11.8. The summed E-state index contributed by atoms with van der Waals surface area (Å²) < 4.78 is 26.7. The summed E-state index contributed by atoms with van der Waals surface area (Å²) in [6.45, 7) is 3.82. The fourth-order valence-electron chi connectivity index (χ4n) is 1.85. The minimum Gasteiger partial charge on any atom is -0.481 e. The number of sulfonamides is 1. The Bertz CT molecular complexity index is 571. The van der Waals surface area contributed by atoms with Crippen LogP contribution < -0.4 is 9.62 Å². The quantitative estimate of drug-likeness (QED) is 0.788. The number of carboxylic acids is 1. The van der Waals surface area contributed by atoms with Gasteiger partial charge >= 0.3 is 5.97 Å². The Morgan fingerprint density at radius 2 is 2.00 bits per heavy atom. The first-order valence-corrected chi connectivity index (χ1v) is 7.80. The smallest absolute Gasteiger partial charge is 0.308 e. The van der Waals surface area contributed by atoms with Gasteiger partial charge in [0.1, 0.15) is 4.90 Å². The largest absolute Gasteiger partial charge is 0.481 e. The van der Waals surface area contributed by atoms with E-state index < -0.39 is 21.9 Å². The first kappa shape index (κ1) is 16.5. The van der Waals surface area contributed by atoms with Crippen LogP contribution >= 0.6 is 0 Å². The van der Waals surface area contributed by atoms with E-state index in [1.54, 1.807) is 44.0 Å². The van der Waals surface area contributed by atoms with Gasteiger partial charge in [-0.05, 0) is 12.1 Å². The molecule has 0 bridgehead atoms. The molecule has 0 saturated heterocycles. The van der Waals surface area contributed by atoms with Crippen LogP contribution in [0.1, 0.15) is 13.8 Å². The molecule has 1 aromatic carbocycles. The van der Waals surface area contributed by atoms with Gasteiger partial charge in [0.05, 0.1) is 11.6 Å². The van der Waals surface area contributed by atoms with Crippen LogP contribution in [-0.4, -0.2) is 39.6 Å². The van der Waals surface area contributed by atoms with Crippen molar-refractivity contribution in [3.05, 3.63) is 24.3 Å². The highest BCUT2D eigenvalue weighted by atomic mass is 32.2. The fraction of sp³-hybridized carbons (Fsp3) is 0.462. The molecule has 1 atom stereocenters. The Morgan fingerprint density at radius 1 is 1.40 bits per heavy atom.